The minimum absolute atomic E-state index is 0.635. The summed E-state index contributed by atoms with van der Waals surface area (Å²) in [6.45, 7) is 0. The molecule has 0 amide bonds. The van der Waals surface area contributed by atoms with Gasteiger partial charge in [0.05, 0.1) is 33.5 Å². The van der Waals surface area contributed by atoms with E-state index in [-0.39, 0.29) is 0 Å². The first kappa shape index (κ1) is 42.2. The summed E-state index contributed by atoms with van der Waals surface area (Å²) in [6, 6.07) is 90.4. The summed E-state index contributed by atoms with van der Waals surface area (Å²) in [5.74, 6) is 0.635. The molecule has 0 aliphatic heterocycles. The Kier molecular flexibility index (Phi) is 9.23. The van der Waals surface area contributed by atoms with Gasteiger partial charge in [-0.15, -0.1) is 0 Å². The lowest BCUT2D eigenvalue weighted by Gasteiger charge is -2.16. The van der Waals surface area contributed by atoms with Crippen molar-refractivity contribution in [2.45, 2.75) is 0 Å². The topological polar surface area (TPSA) is 61.9 Å². The van der Waals surface area contributed by atoms with E-state index in [2.05, 4.69) is 228 Å². The number of furan rings is 2. The highest BCUT2D eigenvalue weighted by Gasteiger charge is 2.22. The van der Waals surface area contributed by atoms with Crippen LogP contribution in [-0.2, 0) is 0 Å². The summed E-state index contributed by atoms with van der Waals surface area (Å²) < 4.78 is 17.6. The fourth-order valence-corrected chi connectivity index (χ4v) is 11.9. The normalized spacial score (nSPS) is 11.9. The lowest BCUT2D eigenvalue weighted by Crippen LogP contribution is -2.02. The summed E-state index contributed by atoms with van der Waals surface area (Å²) in [4.78, 5) is 10.8. The van der Waals surface area contributed by atoms with Gasteiger partial charge in [0.25, 0.3) is 0 Å². The molecule has 0 aliphatic carbocycles. The quantitative estimate of drug-likeness (QED) is 0.160. The van der Waals surface area contributed by atoms with Crippen LogP contribution in [0.2, 0.25) is 0 Å². The van der Waals surface area contributed by atoms with Crippen LogP contribution in [0.25, 0.3) is 155 Å². The molecule has 6 heteroatoms. The maximum atomic E-state index is 6.37. The summed E-state index contributed by atoms with van der Waals surface area (Å²) >= 11 is 0. The minimum atomic E-state index is 0.635. The van der Waals surface area contributed by atoms with Crippen LogP contribution >= 0.6 is 0 Å². The van der Waals surface area contributed by atoms with E-state index in [0.29, 0.717) is 5.82 Å². The lowest BCUT2D eigenvalue weighted by molar-refractivity contribution is 0.668. The van der Waals surface area contributed by atoms with Crippen molar-refractivity contribution < 1.29 is 8.83 Å². The highest BCUT2D eigenvalue weighted by molar-refractivity contribution is 6.17. The van der Waals surface area contributed by atoms with Crippen LogP contribution < -0.4 is 0 Å². The molecule has 6 nitrogen and oxygen atoms in total. The Labute approximate surface area is 435 Å². The third kappa shape index (κ3) is 6.54. The van der Waals surface area contributed by atoms with Gasteiger partial charge in [0.2, 0.25) is 0 Å². The van der Waals surface area contributed by atoms with Gasteiger partial charge < -0.3 is 18.0 Å². The molecule has 0 saturated heterocycles. The van der Waals surface area contributed by atoms with E-state index < -0.39 is 0 Å². The number of hydrogen-bond donors (Lipinski definition) is 0. The first-order valence-electron chi connectivity index (χ1n) is 25.7. The van der Waals surface area contributed by atoms with Crippen molar-refractivity contribution in [3.05, 3.63) is 255 Å². The Balaban J connectivity index is 0.955. The molecule has 0 unspecified atom stereocenters. The fraction of sp³-hybridized carbons (Fsp3) is 0. The summed E-state index contributed by atoms with van der Waals surface area (Å²) in [6.07, 6.45) is 0. The monoisotopic (exact) mass is 970 g/mol. The molecule has 16 aromatic rings. The molecule has 0 radical (unpaired) electrons. The number of nitrogens with zero attached hydrogens (tertiary/aromatic N) is 4. The van der Waals surface area contributed by atoms with E-state index in [0.717, 1.165) is 149 Å². The zero-order valence-electron chi connectivity index (χ0n) is 40.9. The van der Waals surface area contributed by atoms with E-state index >= 15 is 0 Å². The van der Waals surface area contributed by atoms with Crippen LogP contribution in [0.15, 0.2) is 264 Å². The summed E-state index contributed by atoms with van der Waals surface area (Å²) in [7, 11) is 0. The van der Waals surface area contributed by atoms with Gasteiger partial charge in [-0.1, -0.05) is 170 Å². The minimum Gasteiger partial charge on any atom is -0.456 e. The number of aromatic nitrogens is 4. The van der Waals surface area contributed by atoms with E-state index in [1.54, 1.807) is 0 Å². The second-order valence-electron chi connectivity index (χ2n) is 19.7. The average Bonchev–Trinajstić information content (AvgIpc) is 4.30. The standard InChI is InChI=1S/C70H42N4O2/c1-3-17-43(18-4-1)58-42-59(44-19-5-2-6-20-44)72-70(71-58)47-37-48(73-60-27-11-7-21-52(60)56-39-45(33-35-62(56)73)50-25-15-31-66-68(50)54-23-9-13-29-64(54)75-66)41-49(38-47)74-61-28-12-8-22-53(61)57-40-46(34-36-63(57)74)51-26-16-32-67-69(51)55-24-10-14-30-65(55)76-67/h1-42H. The SMILES string of the molecule is c1ccc(-c2cc(-c3ccccc3)nc(-c3cc(-n4c5ccccc5c5cc(-c6cccc7oc8ccccc8c67)ccc54)cc(-n4c5ccccc5c5cc(-c6cccc7oc8ccccc8c67)ccc54)c3)n2)cc1. The molecule has 354 valence electrons. The summed E-state index contributed by atoms with van der Waals surface area (Å²) in [5, 5.41) is 9.10. The van der Waals surface area contributed by atoms with Crippen molar-refractivity contribution in [1.82, 2.24) is 19.1 Å². The zero-order chi connectivity index (χ0) is 49.8. The van der Waals surface area contributed by atoms with Crippen molar-refractivity contribution in [3.63, 3.8) is 0 Å². The Bertz CT molecular complexity index is 4690. The predicted octanol–water partition coefficient (Wildman–Crippen LogP) is 18.8. The van der Waals surface area contributed by atoms with Crippen molar-refractivity contribution in [1.29, 1.82) is 0 Å². The maximum absolute atomic E-state index is 6.37. The van der Waals surface area contributed by atoms with Crippen LogP contribution in [0.4, 0.5) is 0 Å². The van der Waals surface area contributed by atoms with Crippen molar-refractivity contribution in [3.8, 4) is 67.5 Å². The predicted molar refractivity (Wildman–Crippen MR) is 312 cm³/mol. The van der Waals surface area contributed by atoms with Crippen molar-refractivity contribution in [2.75, 3.05) is 0 Å². The van der Waals surface area contributed by atoms with E-state index in [4.69, 9.17) is 18.8 Å². The molecule has 16 rings (SSSR count). The second-order valence-corrected chi connectivity index (χ2v) is 19.7. The van der Waals surface area contributed by atoms with Gasteiger partial charge in [0.1, 0.15) is 22.3 Å². The molecule has 0 saturated carbocycles. The van der Waals surface area contributed by atoms with Gasteiger partial charge >= 0.3 is 0 Å². The van der Waals surface area contributed by atoms with Crippen LogP contribution in [0, 0.1) is 0 Å². The Hall–Kier alpha value is -10.3. The highest BCUT2D eigenvalue weighted by atomic mass is 16.3. The molecule has 0 N–H and O–H groups in total. The average molecular weight is 971 g/mol. The Morgan fingerprint density at radius 1 is 0.263 bits per heavy atom. The van der Waals surface area contributed by atoms with Crippen molar-refractivity contribution >= 4 is 87.5 Å². The van der Waals surface area contributed by atoms with Crippen LogP contribution in [0.5, 0.6) is 0 Å². The molecular weight excluding hydrogens is 929 g/mol. The van der Waals surface area contributed by atoms with E-state index in [1.807, 2.05) is 36.4 Å². The zero-order valence-corrected chi connectivity index (χ0v) is 40.9. The number of fused-ring (bicyclic) bond motifs is 12. The molecule has 0 bridgehead atoms. The third-order valence-electron chi connectivity index (χ3n) is 15.3. The van der Waals surface area contributed by atoms with Gasteiger partial charge in [0, 0.05) is 71.2 Å². The Morgan fingerprint density at radius 3 is 1.16 bits per heavy atom. The lowest BCUT2D eigenvalue weighted by atomic mass is 9.98. The molecule has 0 fully saturated rings. The second kappa shape index (κ2) is 16.6. The van der Waals surface area contributed by atoms with Gasteiger partial charge in [-0.2, -0.15) is 0 Å². The molecule has 0 aliphatic rings. The molecule has 76 heavy (non-hydrogen) atoms. The number of benzene rings is 11. The number of rotatable bonds is 7. The first-order valence-corrected chi connectivity index (χ1v) is 25.7. The molecule has 11 aromatic carbocycles. The summed E-state index contributed by atoms with van der Waals surface area (Å²) in [5.41, 5.74) is 19.1. The first-order chi connectivity index (χ1) is 37.7. The van der Waals surface area contributed by atoms with Gasteiger partial charge in [0.15, 0.2) is 5.82 Å². The highest BCUT2D eigenvalue weighted by Crippen LogP contribution is 2.44. The Morgan fingerprint density at radius 2 is 0.671 bits per heavy atom. The van der Waals surface area contributed by atoms with E-state index in [9.17, 15) is 0 Å². The van der Waals surface area contributed by atoms with Crippen molar-refractivity contribution in [2.24, 2.45) is 0 Å². The molecule has 0 atom stereocenters. The van der Waals surface area contributed by atoms with Gasteiger partial charge in [-0.25, -0.2) is 9.97 Å². The van der Waals surface area contributed by atoms with Crippen LogP contribution in [0.1, 0.15) is 0 Å². The third-order valence-corrected chi connectivity index (χ3v) is 15.3. The maximum Gasteiger partial charge on any atom is 0.160 e. The largest absolute Gasteiger partial charge is 0.456 e. The van der Waals surface area contributed by atoms with Crippen LogP contribution in [0.3, 0.4) is 0 Å². The molecule has 5 aromatic heterocycles. The number of para-hydroxylation sites is 4. The molecule has 5 heterocycles. The van der Waals surface area contributed by atoms with Gasteiger partial charge in [-0.3, -0.25) is 0 Å². The van der Waals surface area contributed by atoms with Gasteiger partial charge in [-0.05, 0) is 107 Å². The fourth-order valence-electron chi connectivity index (χ4n) is 11.9. The van der Waals surface area contributed by atoms with E-state index in [1.165, 1.54) is 0 Å². The molecular formula is C70H42N4O2. The number of hydrogen-bond acceptors (Lipinski definition) is 4. The smallest absolute Gasteiger partial charge is 0.160 e. The molecule has 0 spiro atoms. The van der Waals surface area contributed by atoms with Crippen LogP contribution in [-0.4, -0.2) is 19.1 Å².